The number of halogens is 1. The van der Waals surface area contributed by atoms with Crippen molar-refractivity contribution in [1.82, 2.24) is 5.32 Å². The van der Waals surface area contributed by atoms with E-state index in [2.05, 4.69) is 5.32 Å². The topological polar surface area (TPSA) is 55.1 Å². The number of carbonyl (C=O) groups excluding carboxylic acids is 1. The predicted octanol–water partition coefficient (Wildman–Crippen LogP) is 1.77. The van der Waals surface area contributed by atoms with Crippen LogP contribution in [0.15, 0.2) is 29.2 Å². The third-order valence-corrected chi connectivity index (χ3v) is 3.21. The van der Waals surface area contributed by atoms with E-state index in [-0.39, 0.29) is 23.8 Å². The van der Waals surface area contributed by atoms with E-state index in [1.54, 1.807) is 12.1 Å². The zero-order valence-electron chi connectivity index (χ0n) is 9.94. The molecule has 1 unspecified atom stereocenters. The molecule has 0 aliphatic carbocycles. The number of hydrogen-bond acceptors (Lipinski definition) is 3. The van der Waals surface area contributed by atoms with E-state index in [9.17, 15) is 9.18 Å². The van der Waals surface area contributed by atoms with Crippen LogP contribution in [0.5, 0.6) is 0 Å². The van der Waals surface area contributed by atoms with Crippen LogP contribution in [0.2, 0.25) is 0 Å². The van der Waals surface area contributed by atoms with Crippen LogP contribution >= 0.6 is 11.8 Å². The van der Waals surface area contributed by atoms with Crippen molar-refractivity contribution in [3.63, 3.8) is 0 Å². The molecular formula is C12H17FN2OS. The van der Waals surface area contributed by atoms with Gasteiger partial charge in [-0.1, -0.05) is 13.8 Å². The minimum atomic E-state index is -0.370. The lowest BCUT2D eigenvalue weighted by atomic mass is 10.3. The zero-order chi connectivity index (χ0) is 12.8. The predicted molar refractivity (Wildman–Crippen MR) is 68.4 cm³/mol. The standard InChI is InChI=1S/C12H17FN2OS/c1-8(2)15-11(12(14)16)7-17-10-5-3-9(13)4-6-10/h3-6,8,11,15H,7H2,1-2H3,(H2,14,16). The van der Waals surface area contributed by atoms with E-state index < -0.39 is 0 Å². The molecule has 0 radical (unpaired) electrons. The van der Waals surface area contributed by atoms with Crippen molar-refractivity contribution >= 4 is 17.7 Å². The average Bonchev–Trinajstić information content (AvgIpc) is 2.25. The molecule has 3 nitrogen and oxygen atoms in total. The van der Waals surface area contributed by atoms with E-state index >= 15 is 0 Å². The van der Waals surface area contributed by atoms with Gasteiger partial charge in [-0.05, 0) is 24.3 Å². The van der Waals surface area contributed by atoms with Gasteiger partial charge in [0.25, 0.3) is 0 Å². The Hall–Kier alpha value is -1.07. The Bertz CT molecular complexity index is 367. The summed E-state index contributed by atoms with van der Waals surface area (Å²) >= 11 is 1.48. The first-order valence-electron chi connectivity index (χ1n) is 5.42. The first-order chi connectivity index (χ1) is 7.99. The second-order valence-corrected chi connectivity index (χ2v) is 5.13. The van der Waals surface area contributed by atoms with Crippen LogP contribution in [0.3, 0.4) is 0 Å². The molecule has 17 heavy (non-hydrogen) atoms. The van der Waals surface area contributed by atoms with Crippen LogP contribution in [-0.4, -0.2) is 23.7 Å². The number of thioether (sulfide) groups is 1. The second kappa shape index (κ2) is 6.61. The van der Waals surface area contributed by atoms with Crippen molar-refractivity contribution in [2.24, 2.45) is 5.73 Å². The summed E-state index contributed by atoms with van der Waals surface area (Å²) in [6.45, 7) is 3.91. The summed E-state index contributed by atoms with van der Waals surface area (Å²) < 4.78 is 12.7. The molecule has 3 N–H and O–H groups in total. The first-order valence-corrected chi connectivity index (χ1v) is 6.41. The number of rotatable bonds is 6. The van der Waals surface area contributed by atoms with Gasteiger partial charge in [0.15, 0.2) is 0 Å². The SMILES string of the molecule is CC(C)NC(CSc1ccc(F)cc1)C(N)=O. The van der Waals surface area contributed by atoms with Crippen LogP contribution in [-0.2, 0) is 4.79 Å². The third-order valence-electron chi connectivity index (χ3n) is 2.11. The van der Waals surface area contributed by atoms with Crippen LogP contribution in [0.4, 0.5) is 4.39 Å². The molecule has 1 rings (SSSR count). The molecule has 0 aromatic heterocycles. The van der Waals surface area contributed by atoms with E-state index in [4.69, 9.17) is 5.73 Å². The quantitative estimate of drug-likeness (QED) is 0.763. The Morgan fingerprint density at radius 2 is 2.00 bits per heavy atom. The lowest BCUT2D eigenvalue weighted by Gasteiger charge is -2.17. The second-order valence-electron chi connectivity index (χ2n) is 4.04. The Morgan fingerprint density at radius 3 is 2.47 bits per heavy atom. The molecule has 5 heteroatoms. The fourth-order valence-corrected chi connectivity index (χ4v) is 2.27. The number of amides is 1. The van der Waals surface area contributed by atoms with E-state index in [0.717, 1.165) is 4.90 Å². The molecule has 1 aromatic rings. The van der Waals surface area contributed by atoms with Gasteiger partial charge in [-0.2, -0.15) is 0 Å². The molecule has 0 heterocycles. The normalized spacial score (nSPS) is 12.7. The largest absolute Gasteiger partial charge is 0.368 e. The zero-order valence-corrected chi connectivity index (χ0v) is 10.8. The van der Waals surface area contributed by atoms with Gasteiger partial charge in [0.1, 0.15) is 5.82 Å². The van der Waals surface area contributed by atoms with Crippen LogP contribution < -0.4 is 11.1 Å². The highest BCUT2D eigenvalue weighted by Crippen LogP contribution is 2.19. The minimum Gasteiger partial charge on any atom is -0.368 e. The number of nitrogens with two attached hydrogens (primary N) is 1. The molecular weight excluding hydrogens is 239 g/mol. The van der Waals surface area contributed by atoms with Crippen LogP contribution in [0, 0.1) is 5.82 Å². The summed E-state index contributed by atoms with van der Waals surface area (Å²) in [5.74, 6) is -0.0893. The smallest absolute Gasteiger partial charge is 0.235 e. The molecule has 0 spiro atoms. The highest BCUT2D eigenvalue weighted by Gasteiger charge is 2.16. The maximum absolute atomic E-state index is 12.7. The molecule has 0 aliphatic rings. The van der Waals surface area contributed by atoms with Gasteiger partial charge in [-0.3, -0.25) is 4.79 Å². The highest BCUT2D eigenvalue weighted by atomic mass is 32.2. The Balaban J connectivity index is 2.51. The van der Waals surface area contributed by atoms with Gasteiger partial charge in [-0.25, -0.2) is 4.39 Å². The molecule has 0 aliphatic heterocycles. The van der Waals surface area contributed by atoms with Crippen molar-refractivity contribution < 1.29 is 9.18 Å². The number of nitrogens with one attached hydrogen (secondary N) is 1. The summed E-state index contributed by atoms with van der Waals surface area (Å²) in [6, 6.07) is 6.00. The number of hydrogen-bond donors (Lipinski definition) is 2. The lowest BCUT2D eigenvalue weighted by Crippen LogP contribution is -2.46. The van der Waals surface area contributed by atoms with Gasteiger partial charge >= 0.3 is 0 Å². The van der Waals surface area contributed by atoms with Gasteiger partial charge in [0, 0.05) is 16.7 Å². The monoisotopic (exact) mass is 256 g/mol. The molecule has 0 fully saturated rings. The minimum absolute atomic E-state index is 0.196. The molecule has 0 saturated carbocycles. The van der Waals surface area contributed by atoms with Crippen molar-refractivity contribution in [3.05, 3.63) is 30.1 Å². The summed E-state index contributed by atoms with van der Waals surface area (Å²) in [4.78, 5) is 12.1. The lowest BCUT2D eigenvalue weighted by molar-refractivity contribution is -0.119. The Kier molecular flexibility index (Phi) is 5.44. The van der Waals surface area contributed by atoms with Crippen molar-refractivity contribution in [2.45, 2.75) is 30.8 Å². The number of carbonyl (C=O) groups is 1. The highest BCUT2D eigenvalue weighted by molar-refractivity contribution is 7.99. The summed E-state index contributed by atoms with van der Waals surface area (Å²) in [5.41, 5.74) is 5.30. The van der Waals surface area contributed by atoms with Crippen LogP contribution in [0.1, 0.15) is 13.8 Å². The first kappa shape index (κ1) is 14.0. The number of benzene rings is 1. The Morgan fingerprint density at radius 1 is 1.41 bits per heavy atom. The van der Waals surface area contributed by atoms with Gasteiger partial charge < -0.3 is 11.1 Å². The van der Waals surface area contributed by atoms with Crippen molar-refractivity contribution in [2.75, 3.05) is 5.75 Å². The van der Waals surface area contributed by atoms with Gasteiger partial charge in [0.2, 0.25) is 5.91 Å². The molecule has 0 saturated heterocycles. The fourth-order valence-electron chi connectivity index (χ4n) is 1.33. The molecule has 0 bridgehead atoms. The molecule has 1 atom stereocenters. The van der Waals surface area contributed by atoms with Crippen molar-refractivity contribution in [1.29, 1.82) is 0 Å². The van der Waals surface area contributed by atoms with Gasteiger partial charge in [0.05, 0.1) is 6.04 Å². The summed E-state index contributed by atoms with van der Waals surface area (Å²) in [6.07, 6.45) is 0. The van der Waals surface area contributed by atoms with E-state index in [1.165, 1.54) is 23.9 Å². The van der Waals surface area contributed by atoms with Gasteiger partial charge in [-0.15, -0.1) is 11.8 Å². The van der Waals surface area contributed by atoms with E-state index in [1.807, 2.05) is 13.8 Å². The maximum atomic E-state index is 12.7. The Labute approximate surface area is 105 Å². The maximum Gasteiger partial charge on any atom is 0.235 e. The van der Waals surface area contributed by atoms with E-state index in [0.29, 0.717) is 5.75 Å². The molecule has 94 valence electrons. The summed E-state index contributed by atoms with van der Waals surface area (Å²) in [5, 5.41) is 3.09. The third kappa shape index (κ3) is 5.19. The molecule has 1 aromatic carbocycles. The number of primary amides is 1. The summed E-state index contributed by atoms with van der Waals surface area (Å²) in [7, 11) is 0. The van der Waals surface area contributed by atoms with Crippen LogP contribution in [0.25, 0.3) is 0 Å². The molecule has 1 amide bonds. The average molecular weight is 256 g/mol. The van der Waals surface area contributed by atoms with Crippen molar-refractivity contribution in [3.8, 4) is 0 Å². The fraction of sp³-hybridized carbons (Fsp3) is 0.417.